The van der Waals surface area contributed by atoms with Gasteiger partial charge in [-0.2, -0.15) is 0 Å². The molecule has 1 saturated carbocycles. The lowest BCUT2D eigenvalue weighted by Gasteiger charge is -2.23. The van der Waals surface area contributed by atoms with Gasteiger partial charge in [0.05, 0.1) is 12.5 Å². The van der Waals surface area contributed by atoms with E-state index in [4.69, 9.17) is 10.5 Å². The number of likely N-dealkylation sites (N-methyl/N-ethyl adjacent to an activating group) is 1. The summed E-state index contributed by atoms with van der Waals surface area (Å²) in [5.74, 6) is 0.996. The van der Waals surface area contributed by atoms with Gasteiger partial charge < -0.3 is 15.4 Å². The van der Waals surface area contributed by atoms with Crippen molar-refractivity contribution in [2.45, 2.75) is 32.2 Å². The van der Waals surface area contributed by atoms with Crippen molar-refractivity contribution in [2.24, 2.45) is 11.7 Å². The summed E-state index contributed by atoms with van der Waals surface area (Å²) in [6.45, 7) is 3.14. The van der Waals surface area contributed by atoms with E-state index in [1.807, 2.05) is 38.2 Å². The van der Waals surface area contributed by atoms with Crippen LogP contribution in [0.3, 0.4) is 0 Å². The summed E-state index contributed by atoms with van der Waals surface area (Å²) < 4.78 is 5.65. The second-order valence-electron chi connectivity index (χ2n) is 5.62. The third-order valence-corrected chi connectivity index (χ3v) is 3.98. The predicted octanol–water partition coefficient (Wildman–Crippen LogP) is 2.38. The first-order valence-corrected chi connectivity index (χ1v) is 7.28. The number of aryl methyl sites for hydroxylation is 1. The van der Waals surface area contributed by atoms with Crippen LogP contribution >= 0.6 is 12.4 Å². The van der Waals surface area contributed by atoms with Crippen LogP contribution in [-0.2, 0) is 4.79 Å². The molecule has 2 atom stereocenters. The molecular formula is C16H25ClN2O2. The molecule has 1 fully saturated rings. The first-order valence-electron chi connectivity index (χ1n) is 7.28. The van der Waals surface area contributed by atoms with E-state index in [1.165, 1.54) is 5.56 Å². The molecule has 21 heavy (non-hydrogen) atoms. The average molecular weight is 313 g/mol. The molecule has 2 N–H and O–H groups in total. The third-order valence-electron chi connectivity index (χ3n) is 3.98. The molecule has 1 amide bonds. The number of rotatable bonds is 5. The molecule has 0 aromatic heterocycles. The third kappa shape index (κ3) is 4.90. The van der Waals surface area contributed by atoms with Gasteiger partial charge in [-0.3, -0.25) is 4.79 Å². The van der Waals surface area contributed by atoms with Crippen molar-refractivity contribution >= 4 is 18.3 Å². The van der Waals surface area contributed by atoms with Gasteiger partial charge in [-0.05, 0) is 31.9 Å². The molecule has 1 aromatic rings. The minimum absolute atomic E-state index is 0. The maximum atomic E-state index is 12.2. The monoisotopic (exact) mass is 312 g/mol. The molecule has 2 unspecified atom stereocenters. The van der Waals surface area contributed by atoms with Crippen molar-refractivity contribution in [3.8, 4) is 5.75 Å². The molecule has 0 heterocycles. The van der Waals surface area contributed by atoms with E-state index >= 15 is 0 Å². The fourth-order valence-corrected chi connectivity index (χ4v) is 2.62. The summed E-state index contributed by atoms with van der Waals surface area (Å²) in [6.07, 6.45) is 2.94. The van der Waals surface area contributed by atoms with Crippen LogP contribution in [0.15, 0.2) is 24.3 Å². The van der Waals surface area contributed by atoms with E-state index in [1.54, 1.807) is 4.90 Å². The van der Waals surface area contributed by atoms with E-state index in [-0.39, 0.29) is 30.3 Å². The van der Waals surface area contributed by atoms with Crippen LogP contribution in [0, 0.1) is 12.8 Å². The van der Waals surface area contributed by atoms with Gasteiger partial charge in [0.25, 0.3) is 0 Å². The van der Waals surface area contributed by atoms with Crippen molar-refractivity contribution in [1.82, 2.24) is 4.90 Å². The fourth-order valence-electron chi connectivity index (χ4n) is 2.62. The number of carbonyl (C=O) groups excluding carboxylic acids is 1. The maximum absolute atomic E-state index is 12.2. The SMILES string of the molecule is Cc1ccc(OCCN(C)C(=O)C2CCCC2N)cc1.Cl. The molecule has 0 saturated heterocycles. The van der Waals surface area contributed by atoms with Crippen molar-refractivity contribution in [3.63, 3.8) is 0 Å². The van der Waals surface area contributed by atoms with Crippen molar-refractivity contribution in [2.75, 3.05) is 20.2 Å². The zero-order valence-electron chi connectivity index (χ0n) is 12.7. The fraction of sp³-hybridized carbons (Fsp3) is 0.562. The molecule has 0 aliphatic heterocycles. The number of carbonyl (C=O) groups is 1. The Labute approximate surface area is 133 Å². The van der Waals surface area contributed by atoms with E-state index in [9.17, 15) is 4.79 Å². The number of nitrogens with zero attached hydrogens (tertiary/aromatic N) is 1. The highest BCUT2D eigenvalue weighted by Crippen LogP contribution is 2.25. The van der Waals surface area contributed by atoms with E-state index in [0.29, 0.717) is 13.2 Å². The van der Waals surface area contributed by atoms with Gasteiger partial charge in [0.2, 0.25) is 5.91 Å². The number of halogens is 1. The van der Waals surface area contributed by atoms with Crippen LogP contribution in [0.4, 0.5) is 0 Å². The molecule has 4 nitrogen and oxygen atoms in total. The Kier molecular flexibility index (Phi) is 6.99. The number of hydrogen-bond acceptors (Lipinski definition) is 3. The molecular weight excluding hydrogens is 288 g/mol. The highest BCUT2D eigenvalue weighted by molar-refractivity contribution is 5.85. The predicted molar refractivity (Wildman–Crippen MR) is 86.9 cm³/mol. The lowest BCUT2D eigenvalue weighted by Crippen LogP contribution is -2.41. The zero-order chi connectivity index (χ0) is 14.5. The van der Waals surface area contributed by atoms with Gasteiger partial charge in [-0.1, -0.05) is 24.1 Å². The van der Waals surface area contributed by atoms with Gasteiger partial charge in [0, 0.05) is 13.1 Å². The van der Waals surface area contributed by atoms with Gasteiger partial charge in [-0.15, -0.1) is 12.4 Å². The van der Waals surface area contributed by atoms with Crippen LogP contribution in [0.25, 0.3) is 0 Å². The smallest absolute Gasteiger partial charge is 0.227 e. The Morgan fingerprint density at radius 3 is 2.57 bits per heavy atom. The molecule has 118 valence electrons. The average Bonchev–Trinajstić information content (AvgIpc) is 2.86. The number of nitrogens with two attached hydrogens (primary N) is 1. The second-order valence-corrected chi connectivity index (χ2v) is 5.62. The number of ether oxygens (including phenoxy) is 1. The minimum atomic E-state index is -0.000579. The Morgan fingerprint density at radius 2 is 2.00 bits per heavy atom. The van der Waals surface area contributed by atoms with Gasteiger partial charge in [0.15, 0.2) is 0 Å². The molecule has 1 aromatic carbocycles. The summed E-state index contributed by atoms with van der Waals surface area (Å²) in [6, 6.07) is 7.96. The molecule has 2 rings (SSSR count). The van der Waals surface area contributed by atoms with Crippen LogP contribution in [0.2, 0.25) is 0 Å². The summed E-state index contributed by atoms with van der Waals surface area (Å²) in [5.41, 5.74) is 7.18. The number of benzene rings is 1. The van der Waals surface area contributed by atoms with E-state index in [0.717, 1.165) is 25.0 Å². The van der Waals surface area contributed by atoms with Gasteiger partial charge >= 0.3 is 0 Å². The normalized spacial score (nSPS) is 20.7. The van der Waals surface area contributed by atoms with Crippen molar-refractivity contribution < 1.29 is 9.53 Å². The molecule has 5 heteroatoms. The largest absolute Gasteiger partial charge is 0.492 e. The summed E-state index contributed by atoms with van der Waals surface area (Å²) in [5, 5.41) is 0. The highest BCUT2D eigenvalue weighted by atomic mass is 35.5. The first-order chi connectivity index (χ1) is 9.58. The lowest BCUT2D eigenvalue weighted by atomic mass is 10.0. The number of amides is 1. The van der Waals surface area contributed by atoms with Gasteiger partial charge in [-0.25, -0.2) is 0 Å². The van der Waals surface area contributed by atoms with Crippen LogP contribution in [0.1, 0.15) is 24.8 Å². The van der Waals surface area contributed by atoms with Crippen LogP contribution < -0.4 is 10.5 Å². The Balaban J connectivity index is 0.00000220. The number of hydrogen-bond donors (Lipinski definition) is 1. The quantitative estimate of drug-likeness (QED) is 0.908. The minimum Gasteiger partial charge on any atom is -0.492 e. The van der Waals surface area contributed by atoms with Gasteiger partial charge in [0.1, 0.15) is 12.4 Å². The lowest BCUT2D eigenvalue weighted by molar-refractivity contribution is -0.134. The first kappa shape index (κ1) is 17.8. The summed E-state index contributed by atoms with van der Waals surface area (Å²) in [4.78, 5) is 14.0. The maximum Gasteiger partial charge on any atom is 0.227 e. The molecule has 1 aliphatic carbocycles. The summed E-state index contributed by atoms with van der Waals surface area (Å²) in [7, 11) is 1.83. The zero-order valence-corrected chi connectivity index (χ0v) is 13.6. The molecule has 1 aliphatic rings. The van der Waals surface area contributed by atoms with E-state index < -0.39 is 0 Å². The Bertz CT molecular complexity index is 450. The van der Waals surface area contributed by atoms with Crippen molar-refractivity contribution in [3.05, 3.63) is 29.8 Å². The molecule has 0 bridgehead atoms. The highest BCUT2D eigenvalue weighted by Gasteiger charge is 2.31. The van der Waals surface area contributed by atoms with E-state index in [2.05, 4.69) is 0 Å². The summed E-state index contributed by atoms with van der Waals surface area (Å²) >= 11 is 0. The topological polar surface area (TPSA) is 55.6 Å². The standard InChI is InChI=1S/C16H24N2O2.ClH/c1-12-6-8-13(9-7-12)20-11-10-18(2)16(19)14-4-3-5-15(14)17;/h6-9,14-15H,3-5,10-11,17H2,1-2H3;1H. The Hall–Kier alpha value is -1.26. The van der Waals surface area contributed by atoms with Crippen molar-refractivity contribution in [1.29, 1.82) is 0 Å². The van der Waals surface area contributed by atoms with Crippen LogP contribution in [0.5, 0.6) is 5.75 Å². The van der Waals surface area contributed by atoms with Crippen LogP contribution in [-0.4, -0.2) is 37.0 Å². The Morgan fingerprint density at radius 1 is 1.33 bits per heavy atom. The second kappa shape index (κ2) is 8.25. The molecule has 0 spiro atoms. The molecule has 0 radical (unpaired) electrons.